The first-order chi connectivity index (χ1) is 6.77. The van der Waals surface area contributed by atoms with Crippen molar-refractivity contribution < 1.29 is 0 Å². The van der Waals surface area contributed by atoms with Crippen LogP contribution >= 0.6 is 22.6 Å². The first-order valence-electron chi connectivity index (χ1n) is 5.29. The number of nitrogens with one attached hydrogen (secondary N) is 1. The first kappa shape index (κ1) is 10.3. The van der Waals surface area contributed by atoms with E-state index in [4.69, 9.17) is 0 Å². The van der Waals surface area contributed by atoms with Crippen LogP contribution < -0.4 is 5.32 Å². The van der Waals surface area contributed by atoms with Gasteiger partial charge in [0.05, 0.1) is 0 Å². The van der Waals surface area contributed by atoms with E-state index in [-0.39, 0.29) is 0 Å². The third kappa shape index (κ3) is 2.22. The molecule has 1 saturated carbocycles. The molecule has 0 aromatic heterocycles. The Hall–Kier alpha value is -0.250. The molecular formula is C12H16IN. The largest absolute Gasteiger partial charge is 0.382 e. The Balaban J connectivity index is 2.11. The van der Waals surface area contributed by atoms with Gasteiger partial charge < -0.3 is 5.32 Å². The Morgan fingerprint density at radius 3 is 2.71 bits per heavy atom. The maximum Gasteiger partial charge on any atom is 0.0382 e. The van der Waals surface area contributed by atoms with Crippen molar-refractivity contribution in [3.05, 3.63) is 27.3 Å². The van der Waals surface area contributed by atoms with Crippen LogP contribution in [0.3, 0.4) is 0 Å². The Kier molecular flexibility index (Phi) is 3.31. The van der Waals surface area contributed by atoms with Gasteiger partial charge in [0, 0.05) is 15.3 Å². The van der Waals surface area contributed by atoms with Crippen molar-refractivity contribution >= 4 is 28.3 Å². The van der Waals surface area contributed by atoms with E-state index < -0.39 is 0 Å². The molecule has 76 valence electrons. The molecule has 14 heavy (non-hydrogen) atoms. The number of rotatable bonds is 2. The second kappa shape index (κ2) is 4.51. The van der Waals surface area contributed by atoms with E-state index in [1.165, 1.54) is 40.5 Å². The first-order valence-corrected chi connectivity index (χ1v) is 6.37. The lowest BCUT2D eigenvalue weighted by Gasteiger charge is -2.16. The van der Waals surface area contributed by atoms with Gasteiger partial charge in [0.1, 0.15) is 0 Å². The van der Waals surface area contributed by atoms with Crippen LogP contribution in [0.15, 0.2) is 18.2 Å². The van der Waals surface area contributed by atoms with Gasteiger partial charge in [-0.1, -0.05) is 18.9 Å². The van der Waals surface area contributed by atoms with Gasteiger partial charge in [-0.05, 0) is 60.1 Å². The number of benzene rings is 1. The van der Waals surface area contributed by atoms with Gasteiger partial charge in [0.15, 0.2) is 0 Å². The van der Waals surface area contributed by atoms with Gasteiger partial charge in [-0.25, -0.2) is 0 Å². The highest BCUT2D eigenvalue weighted by molar-refractivity contribution is 14.1. The quantitative estimate of drug-likeness (QED) is 0.816. The van der Waals surface area contributed by atoms with Crippen LogP contribution in [0.4, 0.5) is 5.69 Å². The molecule has 1 nitrogen and oxygen atoms in total. The normalized spacial score (nSPS) is 17.3. The second-order valence-electron chi connectivity index (χ2n) is 4.04. The van der Waals surface area contributed by atoms with E-state index in [0.717, 1.165) is 0 Å². The molecule has 0 atom stereocenters. The van der Waals surface area contributed by atoms with Gasteiger partial charge in [-0.15, -0.1) is 0 Å². The average molecular weight is 301 g/mol. The molecule has 0 heterocycles. The monoisotopic (exact) mass is 301 g/mol. The summed E-state index contributed by atoms with van der Waals surface area (Å²) in [7, 11) is 0. The molecule has 0 aliphatic heterocycles. The molecule has 0 saturated heterocycles. The molecule has 0 radical (unpaired) electrons. The van der Waals surface area contributed by atoms with Crippen molar-refractivity contribution in [2.24, 2.45) is 0 Å². The highest BCUT2D eigenvalue weighted by Crippen LogP contribution is 2.26. The summed E-state index contributed by atoms with van der Waals surface area (Å²) < 4.78 is 1.35. The fourth-order valence-electron chi connectivity index (χ4n) is 2.05. The Labute approximate surface area is 99.4 Å². The lowest BCUT2D eigenvalue weighted by molar-refractivity contribution is 0.754. The molecule has 1 aliphatic rings. The van der Waals surface area contributed by atoms with Crippen LogP contribution in [0, 0.1) is 10.5 Å². The third-order valence-corrected chi connectivity index (χ3v) is 4.15. The molecule has 2 rings (SSSR count). The second-order valence-corrected chi connectivity index (χ2v) is 5.20. The molecule has 0 amide bonds. The van der Waals surface area contributed by atoms with Gasteiger partial charge in [-0.3, -0.25) is 0 Å². The zero-order chi connectivity index (χ0) is 9.97. The molecule has 0 bridgehead atoms. The van der Waals surface area contributed by atoms with Crippen molar-refractivity contribution in [3.63, 3.8) is 0 Å². The molecule has 2 heteroatoms. The maximum absolute atomic E-state index is 3.65. The molecule has 1 aliphatic carbocycles. The van der Waals surface area contributed by atoms with E-state index in [0.29, 0.717) is 6.04 Å². The van der Waals surface area contributed by atoms with E-state index >= 15 is 0 Å². The summed E-state index contributed by atoms with van der Waals surface area (Å²) >= 11 is 2.40. The summed E-state index contributed by atoms with van der Waals surface area (Å²) in [6.45, 7) is 2.19. The van der Waals surface area contributed by atoms with Crippen LogP contribution in [0.1, 0.15) is 31.2 Å². The molecule has 1 N–H and O–H groups in total. The minimum absolute atomic E-state index is 0.715. The summed E-state index contributed by atoms with van der Waals surface area (Å²) in [6.07, 6.45) is 5.46. The number of anilines is 1. The minimum atomic E-state index is 0.715. The predicted molar refractivity (Wildman–Crippen MR) is 69.8 cm³/mol. The lowest BCUT2D eigenvalue weighted by atomic mass is 10.1. The summed E-state index contributed by atoms with van der Waals surface area (Å²) in [6, 6.07) is 7.20. The van der Waals surface area contributed by atoms with E-state index in [2.05, 4.69) is 53.0 Å². The van der Waals surface area contributed by atoms with Crippen LogP contribution in [0.5, 0.6) is 0 Å². The highest BCUT2D eigenvalue weighted by Gasteiger charge is 2.15. The SMILES string of the molecule is Cc1c(I)cccc1NC1CCCC1. The van der Waals surface area contributed by atoms with Gasteiger partial charge >= 0.3 is 0 Å². The van der Waals surface area contributed by atoms with Crippen LogP contribution in [-0.4, -0.2) is 6.04 Å². The minimum Gasteiger partial charge on any atom is -0.382 e. The van der Waals surface area contributed by atoms with E-state index in [9.17, 15) is 0 Å². The van der Waals surface area contributed by atoms with Crippen LogP contribution in [0.2, 0.25) is 0 Å². The van der Waals surface area contributed by atoms with Crippen LogP contribution in [0.25, 0.3) is 0 Å². The highest BCUT2D eigenvalue weighted by atomic mass is 127. The summed E-state index contributed by atoms with van der Waals surface area (Å²) in [5.74, 6) is 0. The van der Waals surface area contributed by atoms with Crippen LogP contribution in [-0.2, 0) is 0 Å². The summed E-state index contributed by atoms with van der Waals surface area (Å²) in [4.78, 5) is 0. The third-order valence-electron chi connectivity index (χ3n) is 2.98. The van der Waals surface area contributed by atoms with Gasteiger partial charge in [0.2, 0.25) is 0 Å². The Morgan fingerprint density at radius 2 is 2.00 bits per heavy atom. The molecule has 1 aromatic carbocycles. The summed E-state index contributed by atoms with van der Waals surface area (Å²) in [5.41, 5.74) is 2.71. The standard InChI is InChI=1S/C12H16IN/c1-9-11(13)7-4-8-12(9)14-10-5-2-3-6-10/h4,7-8,10,14H,2-3,5-6H2,1H3. The van der Waals surface area contributed by atoms with Crippen molar-refractivity contribution in [2.75, 3.05) is 5.32 Å². The maximum atomic E-state index is 3.65. The molecule has 1 aromatic rings. The zero-order valence-electron chi connectivity index (χ0n) is 8.52. The number of hydrogen-bond donors (Lipinski definition) is 1. The van der Waals surface area contributed by atoms with E-state index in [1.54, 1.807) is 0 Å². The van der Waals surface area contributed by atoms with Gasteiger partial charge in [-0.2, -0.15) is 0 Å². The Morgan fingerprint density at radius 1 is 1.29 bits per heavy atom. The number of halogens is 1. The lowest BCUT2D eigenvalue weighted by Crippen LogP contribution is -2.15. The zero-order valence-corrected chi connectivity index (χ0v) is 10.7. The van der Waals surface area contributed by atoms with Crippen molar-refractivity contribution in [1.29, 1.82) is 0 Å². The van der Waals surface area contributed by atoms with E-state index in [1.807, 2.05) is 0 Å². The number of hydrogen-bond acceptors (Lipinski definition) is 1. The fraction of sp³-hybridized carbons (Fsp3) is 0.500. The van der Waals surface area contributed by atoms with Gasteiger partial charge in [0.25, 0.3) is 0 Å². The molecule has 0 unspecified atom stereocenters. The molecular weight excluding hydrogens is 285 g/mol. The predicted octanol–water partition coefficient (Wildman–Crippen LogP) is 3.95. The smallest absolute Gasteiger partial charge is 0.0382 e. The topological polar surface area (TPSA) is 12.0 Å². The summed E-state index contributed by atoms with van der Waals surface area (Å²) in [5, 5.41) is 3.65. The molecule has 0 spiro atoms. The Bertz CT molecular complexity index is 316. The molecule has 1 fully saturated rings. The van der Waals surface area contributed by atoms with Crippen molar-refractivity contribution in [3.8, 4) is 0 Å². The van der Waals surface area contributed by atoms with Crippen molar-refractivity contribution in [2.45, 2.75) is 38.6 Å². The van der Waals surface area contributed by atoms with Crippen molar-refractivity contribution in [1.82, 2.24) is 0 Å². The fourth-order valence-corrected chi connectivity index (χ4v) is 2.55. The average Bonchev–Trinajstić information content (AvgIpc) is 2.66.